The molecule has 27 heavy (non-hydrogen) atoms. The monoisotopic (exact) mass is 367 g/mol. The maximum Gasteiger partial charge on any atom is 0.254 e. The van der Waals surface area contributed by atoms with Gasteiger partial charge in [0.05, 0.1) is 7.11 Å². The van der Waals surface area contributed by atoms with Gasteiger partial charge in [-0.15, -0.1) is 0 Å². The minimum atomic E-state index is -0.0605. The van der Waals surface area contributed by atoms with Crippen molar-refractivity contribution in [3.63, 3.8) is 0 Å². The van der Waals surface area contributed by atoms with Gasteiger partial charge in [0, 0.05) is 43.4 Å². The molecule has 1 N–H and O–H groups in total. The highest BCUT2D eigenvalue weighted by molar-refractivity contribution is 5.95. The Labute approximate surface area is 159 Å². The highest BCUT2D eigenvalue weighted by Crippen LogP contribution is 2.20. The molecule has 1 aromatic carbocycles. The topological polar surface area (TPSA) is 71.5 Å². The molecule has 0 bridgehead atoms. The van der Waals surface area contributed by atoms with Gasteiger partial charge in [-0.2, -0.15) is 0 Å². The first-order valence-corrected chi connectivity index (χ1v) is 9.20. The zero-order valence-corrected chi connectivity index (χ0v) is 15.8. The Hall–Kier alpha value is -2.89. The first kappa shape index (κ1) is 18.9. The van der Waals surface area contributed by atoms with Gasteiger partial charge < -0.3 is 15.0 Å². The number of methoxy groups -OCH3 is 1. The van der Waals surface area contributed by atoms with E-state index in [0.29, 0.717) is 38.4 Å². The molecule has 0 unspecified atom stereocenters. The van der Waals surface area contributed by atoms with Gasteiger partial charge in [0.2, 0.25) is 11.8 Å². The van der Waals surface area contributed by atoms with Crippen LogP contribution in [0.1, 0.15) is 34.3 Å². The molecule has 0 atom stereocenters. The number of likely N-dealkylation sites (tertiary alicyclic amines) is 1. The Kier molecular flexibility index (Phi) is 6.06. The van der Waals surface area contributed by atoms with E-state index in [4.69, 9.17) is 4.74 Å². The first-order chi connectivity index (χ1) is 13.1. The van der Waals surface area contributed by atoms with Crippen LogP contribution in [0, 0.1) is 12.8 Å². The van der Waals surface area contributed by atoms with Crippen LogP contribution in [0.15, 0.2) is 42.6 Å². The molecule has 0 radical (unpaired) electrons. The third-order valence-corrected chi connectivity index (χ3v) is 5.00. The minimum absolute atomic E-state index is 0.0359. The lowest BCUT2D eigenvalue weighted by Gasteiger charge is -2.31. The average molecular weight is 367 g/mol. The number of benzene rings is 1. The molecule has 3 rings (SSSR count). The Morgan fingerprint density at radius 3 is 2.67 bits per heavy atom. The Morgan fingerprint density at radius 2 is 1.96 bits per heavy atom. The molecule has 1 fully saturated rings. The molecular formula is C21H25N3O3. The van der Waals surface area contributed by atoms with Crippen LogP contribution in [-0.4, -0.2) is 41.9 Å². The van der Waals surface area contributed by atoms with E-state index in [1.165, 1.54) is 0 Å². The normalized spacial score (nSPS) is 14.7. The number of carbonyl (C=O) groups is 2. The molecule has 6 heteroatoms. The lowest BCUT2D eigenvalue weighted by atomic mass is 9.95. The minimum Gasteiger partial charge on any atom is -0.481 e. The van der Waals surface area contributed by atoms with Gasteiger partial charge >= 0.3 is 0 Å². The second-order valence-electron chi connectivity index (χ2n) is 6.81. The van der Waals surface area contributed by atoms with Crippen LogP contribution in [0.4, 0.5) is 0 Å². The summed E-state index contributed by atoms with van der Waals surface area (Å²) in [6, 6.07) is 11.3. The number of pyridine rings is 1. The molecule has 2 amide bonds. The molecule has 2 heterocycles. The molecule has 1 aromatic heterocycles. The van der Waals surface area contributed by atoms with E-state index in [1.54, 1.807) is 13.3 Å². The molecule has 6 nitrogen and oxygen atoms in total. The van der Waals surface area contributed by atoms with Crippen LogP contribution in [0.2, 0.25) is 0 Å². The van der Waals surface area contributed by atoms with Crippen LogP contribution < -0.4 is 10.1 Å². The smallest absolute Gasteiger partial charge is 0.254 e. The molecule has 2 aromatic rings. The van der Waals surface area contributed by atoms with Crippen molar-refractivity contribution in [2.24, 2.45) is 5.92 Å². The highest BCUT2D eigenvalue weighted by Gasteiger charge is 2.28. The summed E-state index contributed by atoms with van der Waals surface area (Å²) in [6.45, 7) is 3.60. The van der Waals surface area contributed by atoms with Crippen molar-refractivity contribution < 1.29 is 14.3 Å². The number of hydrogen-bond acceptors (Lipinski definition) is 4. The summed E-state index contributed by atoms with van der Waals surface area (Å²) in [5.74, 6) is 0.559. The quantitative estimate of drug-likeness (QED) is 0.882. The second-order valence-corrected chi connectivity index (χ2v) is 6.81. The van der Waals surface area contributed by atoms with Gasteiger partial charge in [0.25, 0.3) is 5.91 Å². The number of amides is 2. The van der Waals surface area contributed by atoms with Crippen molar-refractivity contribution in [1.29, 1.82) is 0 Å². The summed E-state index contributed by atoms with van der Waals surface area (Å²) < 4.78 is 5.10. The number of ether oxygens (including phenoxy) is 1. The second kappa shape index (κ2) is 8.66. The fourth-order valence-corrected chi connectivity index (χ4v) is 3.33. The van der Waals surface area contributed by atoms with Crippen molar-refractivity contribution in [2.45, 2.75) is 26.3 Å². The number of rotatable bonds is 5. The van der Waals surface area contributed by atoms with Crippen molar-refractivity contribution in [3.8, 4) is 5.88 Å². The van der Waals surface area contributed by atoms with E-state index in [0.717, 1.165) is 16.7 Å². The standard InChI is InChI=1S/C21H25N3O3/c1-15-5-3-4-6-18(15)21(26)24-11-8-17(9-12-24)20(25)23-14-16-7-10-22-19(13-16)27-2/h3-7,10,13,17H,8-9,11-12,14H2,1-2H3,(H,23,25). The molecule has 1 aliphatic heterocycles. The number of aromatic nitrogens is 1. The number of nitrogens with zero attached hydrogens (tertiary/aromatic N) is 2. The first-order valence-electron chi connectivity index (χ1n) is 9.20. The summed E-state index contributed by atoms with van der Waals surface area (Å²) in [7, 11) is 1.57. The highest BCUT2D eigenvalue weighted by atomic mass is 16.5. The lowest BCUT2D eigenvalue weighted by molar-refractivity contribution is -0.126. The Bertz CT molecular complexity index is 814. The average Bonchev–Trinajstić information content (AvgIpc) is 2.72. The number of carbonyl (C=O) groups excluding carboxylic acids is 2. The number of nitrogens with one attached hydrogen (secondary N) is 1. The number of piperidine rings is 1. The van der Waals surface area contributed by atoms with Crippen LogP contribution >= 0.6 is 0 Å². The van der Waals surface area contributed by atoms with Crippen molar-refractivity contribution in [1.82, 2.24) is 15.2 Å². The SMILES string of the molecule is COc1cc(CNC(=O)C2CCN(C(=O)c3ccccc3C)CC2)ccn1. The van der Waals surface area contributed by atoms with Crippen LogP contribution in [0.25, 0.3) is 0 Å². The molecule has 1 aliphatic rings. The molecule has 0 spiro atoms. The van der Waals surface area contributed by atoms with E-state index >= 15 is 0 Å². The number of aryl methyl sites for hydroxylation is 1. The van der Waals surface area contributed by atoms with Gasteiger partial charge in [-0.25, -0.2) is 4.98 Å². The van der Waals surface area contributed by atoms with E-state index < -0.39 is 0 Å². The summed E-state index contributed by atoms with van der Waals surface area (Å²) in [5, 5.41) is 2.98. The van der Waals surface area contributed by atoms with Crippen LogP contribution in [0.3, 0.4) is 0 Å². The maximum absolute atomic E-state index is 12.7. The van der Waals surface area contributed by atoms with E-state index in [9.17, 15) is 9.59 Å². The van der Waals surface area contributed by atoms with Gasteiger partial charge in [0.15, 0.2) is 0 Å². The predicted molar refractivity (Wildman–Crippen MR) is 102 cm³/mol. The van der Waals surface area contributed by atoms with Crippen LogP contribution in [-0.2, 0) is 11.3 Å². The predicted octanol–water partition coefficient (Wildman–Crippen LogP) is 2.57. The fraction of sp³-hybridized carbons (Fsp3) is 0.381. The third kappa shape index (κ3) is 4.64. The summed E-state index contributed by atoms with van der Waals surface area (Å²) in [4.78, 5) is 31.0. The zero-order chi connectivity index (χ0) is 19.2. The largest absolute Gasteiger partial charge is 0.481 e. The Balaban J connectivity index is 1.50. The molecule has 142 valence electrons. The zero-order valence-electron chi connectivity index (χ0n) is 15.8. The van der Waals surface area contributed by atoms with E-state index in [1.807, 2.05) is 48.2 Å². The summed E-state index contributed by atoms with van der Waals surface area (Å²) >= 11 is 0. The van der Waals surface area contributed by atoms with Gasteiger partial charge in [-0.1, -0.05) is 18.2 Å². The van der Waals surface area contributed by atoms with Gasteiger partial charge in [-0.3, -0.25) is 9.59 Å². The number of hydrogen-bond donors (Lipinski definition) is 1. The fourth-order valence-electron chi connectivity index (χ4n) is 3.33. The van der Waals surface area contributed by atoms with Crippen molar-refractivity contribution in [2.75, 3.05) is 20.2 Å². The Morgan fingerprint density at radius 1 is 1.22 bits per heavy atom. The van der Waals surface area contributed by atoms with Gasteiger partial charge in [-0.05, 0) is 43.0 Å². The lowest BCUT2D eigenvalue weighted by Crippen LogP contribution is -2.43. The van der Waals surface area contributed by atoms with Crippen LogP contribution in [0.5, 0.6) is 5.88 Å². The van der Waals surface area contributed by atoms with Crippen molar-refractivity contribution >= 4 is 11.8 Å². The maximum atomic E-state index is 12.7. The summed E-state index contributed by atoms with van der Waals surface area (Å²) in [6.07, 6.45) is 3.03. The molecule has 1 saturated heterocycles. The van der Waals surface area contributed by atoms with E-state index in [2.05, 4.69) is 10.3 Å². The van der Waals surface area contributed by atoms with Crippen molar-refractivity contribution in [3.05, 3.63) is 59.3 Å². The van der Waals surface area contributed by atoms with E-state index in [-0.39, 0.29) is 17.7 Å². The van der Waals surface area contributed by atoms with Gasteiger partial charge in [0.1, 0.15) is 0 Å². The molecule has 0 aliphatic carbocycles. The summed E-state index contributed by atoms with van der Waals surface area (Å²) in [5.41, 5.74) is 2.67. The molecular weight excluding hydrogens is 342 g/mol. The third-order valence-electron chi connectivity index (χ3n) is 5.00. The molecule has 0 saturated carbocycles.